The second-order valence-electron chi connectivity index (χ2n) is 6.21. The summed E-state index contributed by atoms with van der Waals surface area (Å²) in [6.07, 6.45) is 3.33. The van der Waals surface area contributed by atoms with Crippen LogP contribution in [0.4, 0.5) is 0 Å². The molecule has 1 N–H and O–H groups in total. The summed E-state index contributed by atoms with van der Waals surface area (Å²) in [5.41, 5.74) is 0.516. The van der Waals surface area contributed by atoms with Crippen LogP contribution in [0.25, 0.3) is 0 Å². The van der Waals surface area contributed by atoms with Gasteiger partial charge in [0.2, 0.25) is 5.91 Å². The van der Waals surface area contributed by atoms with E-state index in [1.807, 2.05) is 0 Å². The summed E-state index contributed by atoms with van der Waals surface area (Å²) in [4.78, 5) is 26.4. The molecule has 1 aromatic carbocycles. The molecule has 1 saturated heterocycles. The molecule has 1 atom stereocenters. The van der Waals surface area contributed by atoms with E-state index in [1.54, 1.807) is 36.1 Å². The third-order valence-electron chi connectivity index (χ3n) is 4.17. The lowest BCUT2D eigenvalue weighted by atomic mass is 10.2. The standard InChI is InChI=1S/C19H28N2O4/c1-3-4-5-12-25-17-8-6-16(7-9-17)18(22)20-15(2)19(23)21-10-13-24-14-11-21/h6-9,15H,3-5,10-14H2,1-2H3,(H,20,22). The fraction of sp³-hybridized carbons (Fsp3) is 0.579. The van der Waals surface area contributed by atoms with Crippen LogP contribution >= 0.6 is 0 Å². The highest BCUT2D eigenvalue weighted by Gasteiger charge is 2.23. The van der Waals surface area contributed by atoms with Gasteiger partial charge >= 0.3 is 0 Å². The molecule has 138 valence electrons. The summed E-state index contributed by atoms with van der Waals surface area (Å²) in [6, 6.07) is 6.45. The second kappa shape index (κ2) is 10.0. The largest absolute Gasteiger partial charge is 0.494 e. The van der Waals surface area contributed by atoms with Gasteiger partial charge in [0.25, 0.3) is 5.91 Å². The van der Waals surface area contributed by atoms with Crippen LogP contribution in [0.1, 0.15) is 43.5 Å². The lowest BCUT2D eigenvalue weighted by Crippen LogP contribution is -2.50. The second-order valence-corrected chi connectivity index (χ2v) is 6.21. The lowest BCUT2D eigenvalue weighted by Gasteiger charge is -2.29. The van der Waals surface area contributed by atoms with Crippen LogP contribution in [0.5, 0.6) is 5.75 Å². The van der Waals surface area contributed by atoms with Crippen molar-refractivity contribution in [3.63, 3.8) is 0 Å². The first-order chi connectivity index (χ1) is 12.1. The van der Waals surface area contributed by atoms with E-state index in [9.17, 15) is 9.59 Å². The van der Waals surface area contributed by atoms with Crippen molar-refractivity contribution in [1.29, 1.82) is 0 Å². The van der Waals surface area contributed by atoms with Gasteiger partial charge in [-0.2, -0.15) is 0 Å². The Morgan fingerprint density at radius 1 is 1.20 bits per heavy atom. The number of carbonyl (C=O) groups is 2. The number of ether oxygens (including phenoxy) is 2. The number of unbranched alkanes of at least 4 members (excludes halogenated alkanes) is 2. The highest BCUT2D eigenvalue weighted by molar-refractivity contribution is 5.97. The topological polar surface area (TPSA) is 67.9 Å². The fourth-order valence-corrected chi connectivity index (χ4v) is 2.64. The Morgan fingerprint density at radius 3 is 2.52 bits per heavy atom. The summed E-state index contributed by atoms with van der Waals surface area (Å²) in [5, 5.41) is 2.76. The number of amides is 2. The quantitative estimate of drug-likeness (QED) is 0.732. The summed E-state index contributed by atoms with van der Waals surface area (Å²) >= 11 is 0. The molecule has 1 aliphatic rings. The monoisotopic (exact) mass is 348 g/mol. The zero-order valence-electron chi connectivity index (χ0n) is 15.1. The molecule has 2 rings (SSSR count). The summed E-state index contributed by atoms with van der Waals surface area (Å²) in [7, 11) is 0. The molecule has 1 aromatic rings. The first-order valence-corrected chi connectivity index (χ1v) is 9.02. The van der Waals surface area contributed by atoms with Crippen LogP contribution < -0.4 is 10.1 Å². The van der Waals surface area contributed by atoms with Crippen molar-refractivity contribution in [3.8, 4) is 5.75 Å². The number of morpholine rings is 1. The molecule has 1 heterocycles. The Labute approximate surface area is 149 Å². The lowest BCUT2D eigenvalue weighted by molar-refractivity contribution is -0.136. The van der Waals surface area contributed by atoms with Crippen LogP contribution in [-0.2, 0) is 9.53 Å². The molecule has 0 aromatic heterocycles. The van der Waals surface area contributed by atoms with Crippen molar-refractivity contribution < 1.29 is 19.1 Å². The van der Waals surface area contributed by atoms with Crippen LogP contribution in [0.15, 0.2) is 24.3 Å². The number of nitrogens with zero attached hydrogens (tertiary/aromatic N) is 1. The molecule has 2 amide bonds. The van der Waals surface area contributed by atoms with E-state index in [0.717, 1.165) is 25.0 Å². The van der Waals surface area contributed by atoms with Crippen LogP contribution in [0.2, 0.25) is 0 Å². The minimum absolute atomic E-state index is 0.0764. The Bertz CT molecular complexity index is 553. The van der Waals surface area contributed by atoms with Crippen molar-refractivity contribution in [3.05, 3.63) is 29.8 Å². The maximum absolute atomic E-state index is 12.3. The number of rotatable bonds is 8. The van der Waals surface area contributed by atoms with E-state index < -0.39 is 6.04 Å². The van der Waals surface area contributed by atoms with E-state index in [4.69, 9.17) is 9.47 Å². The normalized spacial score (nSPS) is 15.5. The average Bonchev–Trinajstić information content (AvgIpc) is 2.65. The maximum atomic E-state index is 12.3. The van der Waals surface area contributed by atoms with Gasteiger partial charge < -0.3 is 19.7 Å². The van der Waals surface area contributed by atoms with Crippen molar-refractivity contribution in [1.82, 2.24) is 10.2 Å². The summed E-state index contributed by atoms with van der Waals surface area (Å²) in [5.74, 6) is 0.421. The van der Waals surface area contributed by atoms with Gasteiger partial charge in [0.15, 0.2) is 0 Å². The number of hydrogen-bond donors (Lipinski definition) is 1. The SMILES string of the molecule is CCCCCOc1ccc(C(=O)NC(C)C(=O)N2CCOCC2)cc1. The third kappa shape index (κ3) is 6.05. The Morgan fingerprint density at radius 2 is 1.88 bits per heavy atom. The van der Waals surface area contributed by atoms with E-state index in [1.165, 1.54) is 0 Å². The van der Waals surface area contributed by atoms with Crippen molar-refractivity contribution in [2.75, 3.05) is 32.9 Å². The van der Waals surface area contributed by atoms with Crippen molar-refractivity contribution >= 4 is 11.8 Å². The molecule has 1 fully saturated rings. The maximum Gasteiger partial charge on any atom is 0.251 e. The zero-order valence-corrected chi connectivity index (χ0v) is 15.1. The minimum Gasteiger partial charge on any atom is -0.494 e. The minimum atomic E-state index is -0.560. The van der Waals surface area contributed by atoms with Gasteiger partial charge in [-0.1, -0.05) is 19.8 Å². The Kier molecular flexibility index (Phi) is 7.73. The molecule has 0 radical (unpaired) electrons. The van der Waals surface area contributed by atoms with Gasteiger partial charge in [0, 0.05) is 18.7 Å². The van der Waals surface area contributed by atoms with Gasteiger partial charge in [0.05, 0.1) is 19.8 Å². The van der Waals surface area contributed by atoms with E-state index in [2.05, 4.69) is 12.2 Å². The average molecular weight is 348 g/mol. The third-order valence-corrected chi connectivity index (χ3v) is 4.17. The van der Waals surface area contributed by atoms with Gasteiger partial charge in [-0.05, 0) is 37.6 Å². The molecule has 1 unspecified atom stereocenters. The molecule has 0 saturated carbocycles. The number of carbonyl (C=O) groups excluding carboxylic acids is 2. The fourth-order valence-electron chi connectivity index (χ4n) is 2.64. The van der Waals surface area contributed by atoms with Crippen molar-refractivity contribution in [2.24, 2.45) is 0 Å². The highest BCUT2D eigenvalue weighted by Crippen LogP contribution is 2.13. The smallest absolute Gasteiger partial charge is 0.251 e. The predicted molar refractivity (Wildman–Crippen MR) is 95.8 cm³/mol. The number of nitrogens with one attached hydrogen (secondary N) is 1. The van der Waals surface area contributed by atoms with Crippen molar-refractivity contribution in [2.45, 2.75) is 39.2 Å². The number of benzene rings is 1. The van der Waals surface area contributed by atoms with Gasteiger partial charge in [-0.25, -0.2) is 0 Å². The van der Waals surface area contributed by atoms with Gasteiger partial charge in [-0.15, -0.1) is 0 Å². The molecule has 6 nitrogen and oxygen atoms in total. The molecule has 0 aliphatic carbocycles. The molecule has 25 heavy (non-hydrogen) atoms. The first kappa shape index (κ1) is 19.2. The Hall–Kier alpha value is -2.08. The Balaban J connectivity index is 1.82. The zero-order chi connectivity index (χ0) is 18.1. The molecule has 0 spiro atoms. The van der Waals surface area contributed by atoms with Crippen LogP contribution in [-0.4, -0.2) is 55.7 Å². The first-order valence-electron chi connectivity index (χ1n) is 9.02. The number of hydrogen-bond acceptors (Lipinski definition) is 4. The van der Waals surface area contributed by atoms with E-state index >= 15 is 0 Å². The summed E-state index contributed by atoms with van der Waals surface area (Å²) < 4.78 is 10.9. The summed E-state index contributed by atoms with van der Waals surface area (Å²) in [6.45, 7) is 6.79. The highest BCUT2D eigenvalue weighted by atomic mass is 16.5. The molecular formula is C19H28N2O4. The van der Waals surface area contributed by atoms with E-state index in [-0.39, 0.29) is 11.8 Å². The van der Waals surface area contributed by atoms with Gasteiger partial charge in [-0.3, -0.25) is 9.59 Å². The molecule has 6 heteroatoms. The molecular weight excluding hydrogens is 320 g/mol. The van der Waals surface area contributed by atoms with Gasteiger partial charge in [0.1, 0.15) is 11.8 Å². The molecule has 0 bridgehead atoms. The predicted octanol–water partition coefficient (Wildman–Crippen LogP) is 2.23. The van der Waals surface area contributed by atoms with Crippen LogP contribution in [0.3, 0.4) is 0 Å². The molecule has 1 aliphatic heterocycles. The van der Waals surface area contributed by atoms with E-state index in [0.29, 0.717) is 38.5 Å². The van der Waals surface area contributed by atoms with Crippen LogP contribution in [0, 0.1) is 0 Å².